The molecule has 1 aliphatic carbocycles. The summed E-state index contributed by atoms with van der Waals surface area (Å²) >= 11 is 0. The van der Waals surface area contributed by atoms with E-state index >= 15 is 0 Å². The standard InChI is InChI=1S/C12H26N2O/c1-15-11-5-4-9-14(10-8-13)12-6-2-3-7-12/h12H,2-11,13H2,1H3. The molecule has 1 fully saturated rings. The minimum absolute atomic E-state index is 0.792. The van der Waals surface area contributed by atoms with Crippen molar-refractivity contribution in [3.05, 3.63) is 0 Å². The van der Waals surface area contributed by atoms with Crippen molar-refractivity contribution in [1.82, 2.24) is 4.90 Å². The van der Waals surface area contributed by atoms with Crippen molar-refractivity contribution in [2.24, 2.45) is 5.73 Å². The van der Waals surface area contributed by atoms with Gasteiger partial charge in [0.1, 0.15) is 0 Å². The fourth-order valence-corrected chi connectivity index (χ4v) is 2.47. The van der Waals surface area contributed by atoms with E-state index in [2.05, 4.69) is 4.90 Å². The van der Waals surface area contributed by atoms with Crippen LogP contribution < -0.4 is 5.73 Å². The van der Waals surface area contributed by atoms with Gasteiger partial charge in [-0.25, -0.2) is 0 Å². The number of nitrogens with two attached hydrogens (primary N) is 1. The van der Waals surface area contributed by atoms with Crippen LogP contribution in [-0.4, -0.2) is 44.3 Å². The minimum atomic E-state index is 0.792. The molecule has 1 saturated carbocycles. The molecule has 3 heteroatoms. The predicted molar refractivity (Wildman–Crippen MR) is 64.0 cm³/mol. The summed E-state index contributed by atoms with van der Waals surface area (Å²) in [5.74, 6) is 0. The molecule has 0 amide bonds. The summed E-state index contributed by atoms with van der Waals surface area (Å²) in [4.78, 5) is 2.59. The molecule has 0 bridgehead atoms. The van der Waals surface area contributed by atoms with Crippen LogP contribution in [0, 0.1) is 0 Å². The largest absolute Gasteiger partial charge is 0.385 e. The van der Waals surface area contributed by atoms with E-state index in [9.17, 15) is 0 Å². The Labute approximate surface area is 94.0 Å². The van der Waals surface area contributed by atoms with Gasteiger partial charge >= 0.3 is 0 Å². The summed E-state index contributed by atoms with van der Waals surface area (Å²) in [6.45, 7) is 3.95. The number of rotatable bonds is 8. The average molecular weight is 214 g/mol. The van der Waals surface area contributed by atoms with E-state index in [0.29, 0.717) is 0 Å². The molecule has 2 N–H and O–H groups in total. The summed E-state index contributed by atoms with van der Waals surface area (Å²) in [5, 5.41) is 0. The van der Waals surface area contributed by atoms with Crippen LogP contribution in [0.4, 0.5) is 0 Å². The van der Waals surface area contributed by atoms with E-state index in [4.69, 9.17) is 10.5 Å². The Morgan fingerprint density at radius 1 is 1.20 bits per heavy atom. The molecular weight excluding hydrogens is 188 g/mol. The maximum Gasteiger partial charge on any atom is 0.0462 e. The van der Waals surface area contributed by atoms with Crippen LogP contribution in [0.2, 0.25) is 0 Å². The fraction of sp³-hybridized carbons (Fsp3) is 1.00. The summed E-state index contributed by atoms with van der Waals surface area (Å²) in [6, 6.07) is 0.816. The first-order chi connectivity index (χ1) is 7.38. The number of ether oxygens (including phenoxy) is 1. The predicted octanol–water partition coefficient (Wildman–Crippen LogP) is 1.62. The lowest BCUT2D eigenvalue weighted by molar-refractivity contribution is 0.169. The third-order valence-corrected chi connectivity index (χ3v) is 3.30. The first-order valence-corrected chi connectivity index (χ1v) is 6.31. The lowest BCUT2D eigenvalue weighted by Crippen LogP contribution is -2.38. The van der Waals surface area contributed by atoms with Crippen molar-refractivity contribution in [2.75, 3.05) is 33.4 Å². The number of hydrogen-bond donors (Lipinski definition) is 1. The van der Waals surface area contributed by atoms with Crippen molar-refractivity contribution in [1.29, 1.82) is 0 Å². The maximum atomic E-state index is 5.66. The van der Waals surface area contributed by atoms with Gasteiger partial charge in [0, 0.05) is 32.8 Å². The molecule has 0 heterocycles. The van der Waals surface area contributed by atoms with Crippen LogP contribution in [-0.2, 0) is 4.74 Å². The number of hydrogen-bond acceptors (Lipinski definition) is 3. The molecule has 0 aromatic rings. The third kappa shape index (κ3) is 4.96. The zero-order chi connectivity index (χ0) is 10.9. The van der Waals surface area contributed by atoms with Crippen LogP contribution in [0.3, 0.4) is 0 Å². The molecule has 15 heavy (non-hydrogen) atoms. The van der Waals surface area contributed by atoms with Gasteiger partial charge in [-0.2, -0.15) is 0 Å². The average Bonchev–Trinajstić information content (AvgIpc) is 2.76. The molecule has 90 valence electrons. The molecule has 0 aromatic heterocycles. The highest BCUT2D eigenvalue weighted by Gasteiger charge is 2.21. The molecule has 0 unspecified atom stereocenters. The van der Waals surface area contributed by atoms with Gasteiger partial charge in [-0.05, 0) is 32.2 Å². The van der Waals surface area contributed by atoms with Gasteiger partial charge < -0.3 is 10.5 Å². The highest BCUT2D eigenvalue weighted by molar-refractivity contribution is 4.77. The third-order valence-electron chi connectivity index (χ3n) is 3.30. The first-order valence-electron chi connectivity index (χ1n) is 6.31. The van der Waals surface area contributed by atoms with E-state index < -0.39 is 0 Å². The first kappa shape index (κ1) is 12.9. The Hall–Kier alpha value is -0.120. The van der Waals surface area contributed by atoms with E-state index in [1.165, 1.54) is 45.1 Å². The lowest BCUT2D eigenvalue weighted by atomic mass is 10.2. The van der Waals surface area contributed by atoms with Crippen LogP contribution >= 0.6 is 0 Å². The molecule has 3 nitrogen and oxygen atoms in total. The van der Waals surface area contributed by atoms with Crippen molar-refractivity contribution in [3.8, 4) is 0 Å². The van der Waals surface area contributed by atoms with E-state index in [1.807, 2.05) is 0 Å². The Bertz CT molecular complexity index is 147. The Morgan fingerprint density at radius 2 is 1.93 bits per heavy atom. The van der Waals surface area contributed by atoms with Crippen LogP contribution in [0.1, 0.15) is 38.5 Å². The van der Waals surface area contributed by atoms with Gasteiger partial charge in [0.05, 0.1) is 0 Å². The second-order valence-electron chi connectivity index (χ2n) is 4.46. The maximum absolute atomic E-state index is 5.66. The van der Waals surface area contributed by atoms with E-state index in [-0.39, 0.29) is 0 Å². The van der Waals surface area contributed by atoms with Gasteiger partial charge in [0.2, 0.25) is 0 Å². The van der Waals surface area contributed by atoms with Crippen molar-refractivity contribution >= 4 is 0 Å². The summed E-state index contributed by atoms with van der Waals surface area (Å²) in [6.07, 6.45) is 7.98. The second kappa shape index (κ2) is 8.08. The minimum Gasteiger partial charge on any atom is -0.385 e. The molecule has 1 aliphatic rings. The number of methoxy groups -OCH3 is 1. The zero-order valence-electron chi connectivity index (χ0n) is 10.1. The molecule has 0 saturated heterocycles. The summed E-state index contributed by atoms with van der Waals surface area (Å²) < 4.78 is 5.07. The Kier molecular flexibility index (Phi) is 6.98. The van der Waals surface area contributed by atoms with Gasteiger partial charge in [-0.15, -0.1) is 0 Å². The fourth-order valence-electron chi connectivity index (χ4n) is 2.47. The SMILES string of the molecule is COCCCCN(CCN)C1CCCC1. The zero-order valence-corrected chi connectivity index (χ0v) is 10.1. The van der Waals surface area contributed by atoms with E-state index in [0.717, 1.165) is 25.7 Å². The van der Waals surface area contributed by atoms with E-state index in [1.54, 1.807) is 7.11 Å². The van der Waals surface area contributed by atoms with Crippen LogP contribution in [0.15, 0.2) is 0 Å². The normalized spacial score (nSPS) is 17.8. The highest BCUT2D eigenvalue weighted by atomic mass is 16.5. The lowest BCUT2D eigenvalue weighted by Gasteiger charge is -2.28. The molecule has 1 rings (SSSR count). The van der Waals surface area contributed by atoms with Gasteiger partial charge in [-0.3, -0.25) is 4.90 Å². The molecule has 0 atom stereocenters. The quantitative estimate of drug-likeness (QED) is 0.624. The molecular formula is C12H26N2O. The Morgan fingerprint density at radius 3 is 2.53 bits per heavy atom. The molecule has 0 spiro atoms. The van der Waals surface area contributed by atoms with Crippen molar-refractivity contribution < 1.29 is 4.74 Å². The van der Waals surface area contributed by atoms with Crippen molar-refractivity contribution in [2.45, 2.75) is 44.6 Å². The number of unbranched alkanes of at least 4 members (excludes halogenated alkanes) is 1. The van der Waals surface area contributed by atoms with Gasteiger partial charge in [0.25, 0.3) is 0 Å². The molecule has 0 aromatic carbocycles. The molecule has 0 radical (unpaired) electrons. The second-order valence-corrected chi connectivity index (χ2v) is 4.46. The Balaban J connectivity index is 2.17. The summed E-state index contributed by atoms with van der Waals surface area (Å²) in [5.41, 5.74) is 5.66. The van der Waals surface area contributed by atoms with Gasteiger partial charge in [0.15, 0.2) is 0 Å². The molecule has 0 aliphatic heterocycles. The summed E-state index contributed by atoms with van der Waals surface area (Å²) in [7, 11) is 1.77. The van der Waals surface area contributed by atoms with Crippen LogP contribution in [0.25, 0.3) is 0 Å². The van der Waals surface area contributed by atoms with Crippen molar-refractivity contribution in [3.63, 3.8) is 0 Å². The number of nitrogens with zero attached hydrogens (tertiary/aromatic N) is 1. The smallest absolute Gasteiger partial charge is 0.0462 e. The topological polar surface area (TPSA) is 38.5 Å². The van der Waals surface area contributed by atoms with Gasteiger partial charge in [-0.1, -0.05) is 12.8 Å². The van der Waals surface area contributed by atoms with Crippen LogP contribution in [0.5, 0.6) is 0 Å². The monoisotopic (exact) mass is 214 g/mol. The highest BCUT2D eigenvalue weighted by Crippen LogP contribution is 2.23.